The zero-order valence-corrected chi connectivity index (χ0v) is 8.42. The molecule has 0 unspecified atom stereocenters. The highest BCUT2D eigenvalue weighted by atomic mass is 32.2. The van der Waals surface area contributed by atoms with Gasteiger partial charge in [0.25, 0.3) is 5.24 Å². The maximum atomic E-state index is 11.5. The Balaban J connectivity index is 2.67. The van der Waals surface area contributed by atoms with Crippen LogP contribution < -0.4 is 0 Å². The number of amides is 1. The lowest BCUT2D eigenvalue weighted by atomic mass is 10.5. The summed E-state index contributed by atoms with van der Waals surface area (Å²) in [5, 5.41) is 1.64. The van der Waals surface area contributed by atoms with E-state index in [1.165, 1.54) is 11.2 Å². The van der Waals surface area contributed by atoms with E-state index in [4.69, 9.17) is 11.2 Å². The van der Waals surface area contributed by atoms with E-state index < -0.39 is 15.2 Å². The predicted molar refractivity (Wildman–Crippen MR) is 52.1 cm³/mol. The minimum absolute atomic E-state index is 0.418. The van der Waals surface area contributed by atoms with Crippen molar-refractivity contribution in [1.29, 1.82) is 0 Å². The topological polar surface area (TPSA) is 46.6 Å². The van der Waals surface area contributed by atoms with Crippen molar-refractivity contribution in [1.82, 2.24) is 4.90 Å². The van der Waals surface area contributed by atoms with Gasteiger partial charge in [0.05, 0.1) is 13.2 Å². The molecule has 0 bridgehead atoms. The number of rotatable bonds is 0. The Morgan fingerprint density at radius 2 is 2.08 bits per heavy atom. The second-order valence-electron chi connectivity index (χ2n) is 2.94. The highest BCUT2D eigenvalue weighted by Crippen LogP contribution is 2.08. The molecule has 1 aliphatic rings. The second kappa shape index (κ2) is 3.90. The third-order valence-corrected chi connectivity index (χ3v) is 3.40. The first-order valence-corrected chi connectivity index (χ1v) is 6.16. The van der Waals surface area contributed by atoms with Gasteiger partial charge >= 0.3 is 0 Å². The van der Waals surface area contributed by atoms with Gasteiger partial charge in [0.1, 0.15) is 0 Å². The fraction of sp³-hybridized carbons (Fsp3) is 0.625. The van der Waals surface area contributed by atoms with Gasteiger partial charge in [0.2, 0.25) is 0 Å². The molecule has 13 heavy (non-hydrogen) atoms. The van der Waals surface area contributed by atoms with Crippen molar-refractivity contribution in [3.63, 3.8) is 0 Å². The molecule has 1 heterocycles. The number of carbonyl (C=O) groups excluding carboxylic acids is 1. The van der Waals surface area contributed by atoms with Gasteiger partial charge in [-0.1, -0.05) is 0 Å². The summed E-state index contributed by atoms with van der Waals surface area (Å²) in [6.45, 7) is 1.96. The van der Waals surface area contributed by atoms with Crippen LogP contribution in [0.3, 0.4) is 0 Å². The molecule has 1 fully saturated rings. The fourth-order valence-electron chi connectivity index (χ4n) is 1.08. The largest absolute Gasteiger partial charge is 0.378 e. The normalized spacial score (nSPS) is 19.2. The number of carbonyl (C=O) groups is 1. The molecule has 0 spiro atoms. The molecule has 0 aromatic rings. The van der Waals surface area contributed by atoms with Crippen molar-refractivity contribution < 1.29 is 13.7 Å². The third-order valence-electron chi connectivity index (χ3n) is 1.89. The molecule has 0 saturated carbocycles. The van der Waals surface area contributed by atoms with Crippen LogP contribution in [-0.2, 0) is 14.7 Å². The quantitative estimate of drug-likeness (QED) is 0.433. The maximum absolute atomic E-state index is 11.5. The van der Waals surface area contributed by atoms with E-state index in [0.717, 1.165) is 0 Å². The summed E-state index contributed by atoms with van der Waals surface area (Å²) >= 11 is 0. The zero-order chi connectivity index (χ0) is 9.90. The van der Waals surface area contributed by atoms with Crippen LogP contribution in [0.5, 0.6) is 0 Å². The minimum atomic E-state index is -3.07. The lowest BCUT2D eigenvalue weighted by Crippen LogP contribution is -2.44. The van der Waals surface area contributed by atoms with E-state index in [9.17, 15) is 9.00 Å². The number of nitrogens with zero attached hydrogens (tertiary/aromatic N) is 1. The van der Waals surface area contributed by atoms with Crippen LogP contribution in [0.15, 0.2) is 0 Å². The van der Waals surface area contributed by atoms with Gasteiger partial charge in [-0.3, -0.25) is 9.00 Å². The molecule has 0 aromatic heterocycles. The Morgan fingerprint density at radius 3 is 2.54 bits per heavy atom. The number of terminal acetylenes is 1. The first-order chi connectivity index (χ1) is 6.08. The molecule has 0 aliphatic carbocycles. The van der Waals surface area contributed by atoms with Crippen LogP contribution in [-0.4, -0.2) is 46.9 Å². The van der Waals surface area contributed by atoms with Gasteiger partial charge in [-0.2, -0.15) is 0 Å². The van der Waals surface area contributed by atoms with Gasteiger partial charge in [-0.25, -0.2) is 0 Å². The average Bonchev–Trinajstić information content (AvgIpc) is 2.18. The van der Waals surface area contributed by atoms with E-state index in [1.807, 2.05) is 0 Å². The molecule has 74 valence electrons. The van der Waals surface area contributed by atoms with Gasteiger partial charge in [0.15, 0.2) is 0 Å². The summed E-state index contributed by atoms with van der Waals surface area (Å²) in [7, 11) is -3.07. The summed E-state index contributed by atoms with van der Waals surface area (Å²) in [5.74, 6) is 0. The Hall–Kier alpha value is -0.860. The van der Waals surface area contributed by atoms with E-state index in [2.05, 4.69) is 5.25 Å². The van der Waals surface area contributed by atoms with Gasteiger partial charge in [-0.05, 0) is 5.25 Å². The van der Waals surface area contributed by atoms with Gasteiger partial charge in [0, 0.05) is 29.3 Å². The first-order valence-electron chi connectivity index (χ1n) is 4.00. The summed E-state index contributed by atoms with van der Waals surface area (Å²) in [5.41, 5.74) is 0. The Kier molecular flexibility index (Phi) is 3.07. The van der Waals surface area contributed by atoms with E-state index in [1.54, 1.807) is 0 Å². The van der Waals surface area contributed by atoms with E-state index >= 15 is 0 Å². The van der Waals surface area contributed by atoms with Crippen LogP contribution in [0.4, 0.5) is 4.79 Å². The smallest absolute Gasteiger partial charge is 0.298 e. The van der Waals surface area contributed by atoms with Gasteiger partial charge in [-0.15, -0.1) is 6.42 Å². The standard InChI is InChI=1S/C8H13NO3S/c1-3-13(2,11)8(10)9-4-6-12-7-5-9/h1,13H,4-7H2,2H3. The maximum Gasteiger partial charge on any atom is 0.298 e. The third kappa shape index (κ3) is 2.29. The summed E-state index contributed by atoms with van der Waals surface area (Å²) in [6.07, 6.45) is 6.35. The SMILES string of the molecule is C#C[SH](C)(=O)C(=O)N1CCOCC1. The molecule has 0 aromatic carbocycles. The number of hydrogen-bond donors (Lipinski definition) is 1. The molecule has 4 nitrogen and oxygen atoms in total. The molecule has 5 heteroatoms. The highest BCUT2D eigenvalue weighted by molar-refractivity contribution is 8.19. The Morgan fingerprint density at radius 1 is 1.54 bits per heavy atom. The van der Waals surface area contributed by atoms with Gasteiger partial charge < -0.3 is 9.64 Å². The van der Waals surface area contributed by atoms with Crippen LogP contribution >= 0.6 is 0 Å². The van der Waals surface area contributed by atoms with Crippen molar-refractivity contribution in [2.24, 2.45) is 0 Å². The van der Waals surface area contributed by atoms with E-state index in [-0.39, 0.29) is 0 Å². The number of morpholine rings is 1. The second-order valence-corrected chi connectivity index (χ2v) is 5.42. The molecule has 1 rings (SSSR count). The van der Waals surface area contributed by atoms with E-state index in [0.29, 0.717) is 26.3 Å². The summed E-state index contributed by atoms with van der Waals surface area (Å²) < 4.78 is 16.6. The molecular weight excluding hydrogens is 190 g/mol. The molecule has 1 saturated heterocycles. The number of ether oxygens (including phenoxy) is 1. The molecule has 1 aliphatic heterocycles. The first kappa shape index (κ1) is 10.2. The fourth-order valence-corrected chi connectivity index (χ4v) is 1.93. The molecule has 0 radical (unpaired) electrons. The zero-order valence-electron chi connectivity index (χ0n) is 7.52. The minimum Gasteiger partial charge on any atom is -0.378 e. The van der Waals surface area contributed by atoms with Crippen molar-refractivity contribution in [3.8, 4) is 11.7 Å². The van der Waals surface area contributed by atoms with Crippen molar-refractivity contribution in [2.45, 2.75) is 0 Å². The Bertz CT molecular complexity index is 288. The molecule has 0 atom stereocenters. The number of thiol groups is 1. The molecular formula is C8H13NO3S. The summed E-state index contributed by atoms with van der Waals surface area (Å²) in [6, 6.07) is 0. The molecule has 0 N–H and O–H groups in total. The van der Waals surface area contributed by atoms with Crippen molar-refractivity contribution in [3.05, 3.63) is 0 Å². The summed E-state index contributed by atoms with van der Waals surface area (Å²) in [4.78, 5) is 13.0. The van der Waals surface area contributed by atoms with Crippen molar-refractivity contribution >= 4 is 15.2 Å². The lowest BCUT2D eigenvalue weighted by Gasteiger charge is -2.29. The highest BCUT2D eigenvalue weighted by Gasteiger charge is 2.24. The van der Waals surface area contributed by atoms with Crippen LogP contribution in [0.2, 0.25) is 0 Å². The average molecular weight is 203 g/mol. The van der Waals surface area contributed by atoms with Crippen LogP contribution in [0.25, 0.3) is 0 Å². The lowest BCUT2D eigenvalue weighted by molar-refractivity contribution is 0.0590. The molecule has 1 amide bonds. The van der Waals surface area contributed by atoms with Crippen LogP contribution in [0, 0.1) is 11.7 Å². The Labute approximate surface area is 78.7 Å². The van der Waals surface area contributed by atoms with Crippen LogP contribution in [0.1, 0.15) is 0 Å². The predicted octanol–water partition coefficient (Wildman–Crippen LogP) is -0.324. The monoisotopic (exact) mass is 203 g/mol. The number of hydrogen-bond acceptors (Lipinski definition) is 3. The van der Waals surface area contributed by atoms with Crippen molar-refractivity contribution in [2.75, 3.05) is 32.6 Å².